The van der Waals surface area contributed by atoms with Gasteiger partial charge in [0.05, 0.1) is 30.0 Å². The number of rotatable bonds is 6. The molecule has 0 spiro atoms. The Bertz CT molecular complexity index is 1060. The first-order chi connectivity index (χ1) is 13.2. The summed E-state index contributed by atoms with van der Waals surface area (Å²) < 4.78 is 10.9. The lowest BCUT2D eigenvalue weighted by molar-refractivity contribution is 0.0722. The summed E-state index contributed by atoms with van der Waals surface area (Å²) in [6, 6.07) is 10.9. The van der Waals surface area contributed by atoms with Gasteiger partial charge in [-0.15, -0.1) is 10.2 Å². The van der Waals surface area contributed by atoms with E-state index >= 15 is 0 Å². The third kappa shape index (κ3) is 3.55. The van der Waals surface area contributed by atoms with Gasteiger partial charge in [-0.1, -0.05) is 19.1 Å². The summed E-state index contributed by atoms with van der Waals surface area (Å²) in [7, 11) is 0. The predicted molar refractivity (Wildman–Crippen MR) is 96.6 cm³/mol. The maximum absolute atomic E-state index is 12.9. The van der Waals surface area contributed by atoms with Crippen molar-refractivity contribution in [2.24, 2.45) is 0 Å². The molecule has 0 saturated heterocycles. The van der Waals surface area contributed by atoms with E-state index < -0.39 is 0 Å². The Morgan fingerprint density at radius 1 is 1.11 bits per heavy atom. The van der Waals surface area contributed by atoms with E-state index in [-0.39, 0.29) is 24.0 Å². The topological polar surface area (TPSA) is 98.2 Å². The van der Waals surface area contributed by atoms with Gasteiger partial charge in [0.15, 0.2) is 5.76 Å². The Kier molecular flexibility index (Phi) is 4.61. The van der Waals surface area contributed by atoms with Crippen LogP contribution in [0.4, 0.5) is 0 Å². The van der Waals surface area contributed by atoms with Crippen LogP contribution in [0.25, 0.3) is 22.7 Å². The fourth-order valence-electron chi connectivity index (χ4n) is 2.73. The highest BCUT2D eigenvalue weighted by Crippen LogP contribution is 2.19. The molecular weight excluding hydrogens is 346 g/mol. The second-order valence-electron chi connectivity index (χ2n) is 5.95. The second kappa shape index (κ2) is 7.36. The molecule has 0 aliphatic rings. The van der Waals surface area contributed by atoms with Crippen LogP contribution in [-0.2, 0) is 6.54 Å². The summed E-state index contributed by atoms with van der Waals surface area (Å²) in [5, 5.41) is 7.98. The van der Waals surface area contributed by atoms with Crippen molar-refractivity contribution in [3.8, 4) is 11.7 Å². The van der Waals surface area contributed by atoms with Gasteiger partial charge in [0.1, 0.15) is 5.69 Å². The SMILES string of the molecule is CCCN(Cc1nnc(-c2ccco2)o1)C(=O)c1cnc2ccccc2n1. The lowest BCUT2D eigenvalue weighted by Crippen LogP contribution is -2.32. The van der Waals surface area contributed by atoms with Gasteiger partial charge in [-0.05, 0) is 30.7 Å². The largest absolute Gasteiger partial charge is 0.459 e. The molecular formula is C19H17N5O3. The molecule has 1 aromatic carbocycles. The fraction of sp³-hybridized carbons (Fsp3) is 0.211. The number of hydrogen-bond donors (Lipinski definition) is 0. The van der Waals surface area contributed by atoms with Gasteiger partial charge in [-0.25, -0.2) is 4.98 Å². The van der Waals surface area contributed by atoms with Crippen molar-refractivity contribution in [3.05, 3.63) is 60.4 Å². The number of carbonyl (C=O) groups is 1. The van der Waals surface area contributed by atoms with Gasteiger partial charge < -0.3 is 13.7 Å². The van der Waals surface area contributed by atoms with Gasteiger partial charge in [0.2, 0.25) is 5.89 Å². The number of aromatic nitrogens is 4. The zero-order valence-corrected chi connectivity index (χ0v) is 14.7. The minimum atomic E-state index is -0.229. The summed E-state index contributed by atoms with van der Waals surface area (Å²) in [6.45, 7) is 2.72. The lowest BCUT2D eigenvalue weighted by atomic mass is 10.2. The number of para-hydroxylation sites is 2. The summed E-state index contributed by atoms with van der Waals surface area (Å²) in [5.41, 5.74) is 1.71. The molecule has 0 atom stereocenters. The molecule has 0 bridgehead atoms. The Hall–Kier alpha value is -3.55. The van der Waals surface area contributed by atoms with Crippen LogP contribution < -0.4 is 0 Å². The Morgan fingerprint density at radius 3 is 2.74 bits per heavy atom. The maximum Gasteiger partial charge on any atom is 0.283 e. The molecule has 0 unspecified atom stereocenters. The minimum absolute atomic E-state index is 0.189. The summed E-state index contributed by atoms with van der Waals surface area (Å²) >= 11 is 0. The van der Waals surface area contributed by atoms with Gasteiger partial charge in [0.25, 0.3) is 11.8 Å². The molecule has 0 N–H and O–H groups in total. The molecule has 0 aliphatic carbocycles. The number of nitrogens with zero attached hydrogens (tertiary/aromatic N) is 5. The highest BCUT2D eigenvalue weighted by atomic mass is 16.4. The van der Waals surface area contributed by atoms with E-state index in [1.165, 1.54) is 12.5 Å². The van der Waals surface area contributed by atoms with E-state index in [1.807, 2.05) is 31.2 Å². The van der Waals surface area contributed by atoms with Crippen molar-refractivity contribution in [2.75, 3.05) is 6.54 Å². The van der Waals surface area contributed by atoms with Gasteiger partial charge in [-0.3, -0.25) is 9.78 Å². The van der Waals surface area contributed by atoms with Crippen molar-refractivity contribution in [3.63, 3.8) is 0 Å². The van der Waals surface area contributed by atoms with Gasteiger partial charge >= 0.3 is 0 Å². The Labute approximate surface area is 154 Å². The summed E-state index contributed by atoms with van der Waals surface area (Å²) in [4.78, 5) is 23.3. The highest BCUT2D eigenvalue weighted by molar-refractivity contribution is 5.93. The van der Waals surface area contributed by atoms with Crippen LogP contribution in [0, 0.1) is 0 Å². The standard InChI is InChI=1S/C19H17N5O3/c1-2-9-24(12-17-22-23-18(27-17)16-8-5-10-26-16)19(25)15-11-20-13-6-3-4-7-14(13)21-15/h3-8,10-11H,2,9,12H2,1H3. The van der Waals surface area contributed by atoms with E-state index in [0.717, 1.165) is 11.9 Å². The zero-order chi connectivity index (χ0) is 18.6. The monoisotopic (exact) mass is 363 g/mol. The molecule has 136 valence electrons. The number of benzene rings is 1. The minimum Gasteiger partial charge on any atom is -0.459 e. The van der Waals surface area contributed by atoms with E-state index in [1.54, 1.807) is 17.0 Å². The number of fused-ring (bicyclic) bond motifs is 1. The second-order valence-corrected chi connectivity index (χ2v) is 5.95. The zero-order valence-electron chi connectivity index (χ0n) is 14.7. The molecule has 8 heteroatoms. The normalized spacial score (nSPS) is 11.0. The number of carbonyl (C=O) groups excluding carboxylic acids is 1. The first-order valence-electron chi connectivity index (χ1n) is 8.62. The van der Waals surface area contributed by atoms with E-state index in [0.29, 0.717) is 23.7 Å². The van der Waals surface area contributed by atoms with E-state index in [4.69, 9.17) is 8.83 Å². The highest BCUT2D eigenvalue weighted by Gasteiger charge is 2.21. The third-order valence-corrected chi connectivity index (χ3v) is 3.97. The molecule has 4 aromatic rings. The molecule has 27 heavy (non-hydrogen) atoms. The van der Waals surface area contributed by atoms with Crippen LogP contribution in [0.3, 0.4) is 0 Å². The lowest BCUT2D eigenvalue weighted by Gasteiger charge is -2.19. The average Bonchev–Trinajstić information content (AvgIpc) is 3.38. The molecule has 0 radical (unpaired) electrons. The van der Waals surface area contributed by atoms with Gasteiger partial charge in [-0.2, -0.15) is 0 Å². The molecule has 0 aliphatic heterocycles. The van der Waals surface area contributed by atoms with Crippen molar-refractivity contribution in [1.82, 2.24) is 25.1 Å². The van der Waals surface area contributed by atoms with E-state index in [9.17, 15) is 4.79 Å². The summed E-state index contributed by atoms with van der Waals surface area (Å²) in [6.07, 6.45) is 3.81. The van der Waals surface area contributed by atoms with Crippen molar-refractivity contribution in [2.45, 2.75) is 19.9 Å². The Morgan fingerprint density at radius 2 is 1.96 bits per heavy atom. The van der Waals surface area contributed by atoms with Crippen LogP contribution >= 0.6 is 0 Å². The van der Waals surface area contributed by atoms with Crippen LogP contribution in [-0.4, -0.2) is 37.5 Å². The van der Waals surface area contributed by atoms with Crippen LogP contribution in [0.2, 0.25) is 0 Å². The van der Waals surface area contributed by atoms with Crippen LogP contribution in [0.5, 0.6) is 0 Å². The fourth-order valence-corrected chi connectivity index (χ4v) is 2.73. The molecule has 0 saturated carbocycles. The first kappa shape index (κ1) is 16.9. The first-order valence-corrected chi connectivity index (χ1v) is 8.62. The summed E-state index contributed by atoms with van der Waals surface area (Å²) in [5.74, 6) is 0.872. The van der Waals surface area contributed by atoms with Gasteiger partial charge in [0, 0.05) is 6.54 Å². The van der Waals surface area contributed by atoms with Crippen molar-refractivity contribution < 1.29 is 13.6 Å². The molecule has 1 amide bonds. The van der Waals surface area contributed by atoms with Crippen LogP contribution in [0.15, 0.2) is 57.7 Å². The van der Waals surface area contributed by atoms with Crippen molar-refractivity contribution in [1.29, 1.82) is 0 Å². The average molecular weight is 363 g/mol. The van der Waals surface area contributed by atoms with E-state index in [2.05, 4.69) is 20.2 Å². The Balaban J connectivity index is 1.56. The molecule has 8 nitrogen and oxygen atoms in total. The molecule has 3 heterocycles. The quantitative estimate of drug-likeness (QED) is 0.518. The number of amides is 1. The third-order valence-electron chi connectivity index (χ3n) is 3.97. The van der Waals surface area contributed by atoms with Crippen LogP contribution in [0.1, 0.15) is 29.7 Å². The van der Waals surface area contributed by atoms with Crippen molar-refractivity contribution >= 4 is 16.9 Å². The smallest absolute Gasteiger partial charge is 0.283 e. The maximum atomic E-state index is 12.9. The number of furan rings is 1. The molecule has 0 fully saturated rings. The number of hydrogen-bond acceptors (Lipinski definition) is 7. The molecule has 3 aromatic heterocycles. The molecule has 4 rings (SSSR count). The predicted octanol–water partition coefficient (Wildman–Crippen LogP) is 3.33.